The summed E-state index contributed by atoms with van der Waals surface area (Å²) >= 11 is 2.12. The molecule has 1 heterocycles. The number of benzene rings is 2. The fraction of sp³-hybridized carbons (Fsp3) is 0.250. The second kappa shape index (κ2) is 6.51. The fourth-order valence-corrected chi connectivity index (χ4v) is 2.88. The Kier molecular flexibility index (Phi) is 4.48. The van der Waals surface area contributed by atoms with E-state index in [-0.39, 0.29) is 5.82 Å². The lowest BCUT2D eigenvalue weighted by Crippen LogP contribution is -2.04. The molecule has 0 saturated carbocycles. The van der Waals surface area contributed by atoms with Gasteiger partial charge >= 0.3 is 0 Å². The highest BCUT2D eigenvalue weighted by molar-refractivity contribution is 14.1. The van der Waals surface area contributed by atoms with Crippen molar-refractivity contribution in [2.24, 2.45) is 0 Å². The molecule has 2 aromatic carbocycles. The molecule has 0 saturated heterocycles. The predicted molar refractivity (Wildman–Crippen MR) is 88.5 cm³/mol. The van der Waals surface area contributed by atoms with Crippen LogP contribution in [0.15, 0.2) is 36.4 Å². The van der Waals surface area contributed by atoms with Crippen molar-refractivity contribution >= 4 is 28.3 Å². The number of fused-ring (bicyclic) bond motifs is 1. The van der Waals surface area contributed by atoms with E-state index in [1.165, 1.54) is 12.1 Å². The molecule has 0 amide bonds. The molecule has 2 aromatic rings. The number of para-hydroxylation sites is 1. The van der Waals surface area contributed by atoms with E-state index in [2.05, 4.69) is 27.9 Å². The quantitative estimate of drug-likeness (QED) is 0.785. The van der Waals surface area contributed by atoms with E-state index in [9.17, 15) is 4.39 Å². The van der Waals surface area contributed by atoms with Gasteiger partial charge in [0.25, 0.3) is 0 Å². The van der Waals surface area contributed by atoms with Crippen molar-refractivity contribution < 1.29 is 13.9 Å². The molecular formula is C16H15FINO2. The number of hydrogen-bond donors (Lipinski definition) is 1. The van der Waals surface area contributed by atoms with Crippen molar-refractivity contribution in [3.63, 3.8) is 0 Å². The minimum atomic E-state index is -0.227. The van der Waals surface area contributed by atoms with E-state index in [0.29, 0.717) is 19.8 Å². The maximum atomic E-state index is 13.1. The lowest BCUT2D eigenvalue weighted by atomic mass is 10.1. The summed E-state index contributed by atoms with van der Waals surface area (Å²) in [4.78, 5) is 0. The van der Waals surface area contributed by atoms with Crippen LogP contribution >= 0.6 is 22.6 Å². The van der Waals surface area contributed by atoms with Crippen LogP contribution in [-0.4, -0.2) is 13.2 Å². The molecular weight excluding hydrogens is 384 g/mol. The van der Waals surface area contributed by atoms with Crippen LogP contribution in [0.3, 0.4) is 0 Å². The number of ether oxygens (including phenoxy) is 2. The zero-order valence-corrected chi connectivity index (χ0v) is 13.5. The molecule has 21 heavy (non-hydrogen) atoms. The normalized spacial score (nSPS) is 13.6. The Morgan fingerprint density at radius 3 is 2.86 bits per heavy atom. The topological polar surface area (TPSA) is 30.5 Å². The molecule has 3 rings (SSSR count). The summed E-state index contributed by atoms with van der Waals surface area (Å²) in [5.41, 5.74) is 1.94. The number of rotatable bonds is 3. The van der Waals surface area contributed by atoms with Gasteiger partial charge in [0.2, 0.25) is 0 Å². The predicted octanol–water partition coefficient (Wildman–Crippen LogP) is 4.20. The first kappa shape index (κ1) is 14.4. The molecule has 0 radical (unpaired) electrons. The van der Waals surface area contributed by atoms with Crippen LogP contribution in [0.4, 0.5) is 10.1 Å². The van der Waals surface area contributed by atoms with Gasteiger partial charge in [-0.1, -0.05) is 12.1 Å². The molecule has 0 atom stereocenters. The maximum Gasteiger partial charge on any atom is 0.166 e. The first-order chi connectivity index (χ1) is 10.2. The molecule has 1 aliphatic heterocycles. The van der Waals surface area contributed by atoms with E-state index < -0.39 is 0 Å². The fourth-order valence-electron chi connectivity index (χ4n) is 2.22. The minimum Gasteiger partial charge on any atom is -0.490 e. The van der Waals surface area contributed by atoms with Crippen molar-refractivity contribution in [1.29, 1.82) is 0 Å². The molecule has 5 heteroatoms. The van der Waals surface area contributed by atoms with Crippen LogP contribution < -0.4 is 14.8 Å². The summed E-state index contributed by atoms with van der Waals surface area (Å²) < 4.78 is 25.4. The van der Waals surface area contributed by atoms with E-state index in [0.717, 1.165) is 32.7 Å². The second-order valence-electron chi connectivity index (χ2n) is 4.77. The molecule has 0 fully saturated rings. The van der Waals surface area contributed by atoms with Crippen molar-refractivity contribution in [2.75, 3.05) is 18.5 Å². The van der Waals surface area contributed by atoms with Crippen LogP contribution in [-0.2, 0) is 6.54 Å². The Labute approximate surface area is 136 Å². The first-order valence-corrected chi connectivity index (χ1v) is 7.88. The Morgan fingerprint density at radius 1 is 1.14 bits per heavy atom. The highest BCUT2D eigenvalue weighted by Gasteiger charge is 2.14. The van der Waals surface area contributed by atoms with Gasteiger partial charge in [-0.25, -0.2) is 4.39 Å². The van der Waals surface area contributed by atoms with Gasteiger partial charge in [0.1, 0.15) is 5.82 Å². The lowest BCUT2D eigenvalue weighted by Gasteiger charge is -2.14. The highest BCUT2D eigenvalue weighted by Crippen LogP contribution is 2.33. The number of anilines is 1. The second-order valence-corrected chi connectivity index (χ2v) is 5.93. The van der Waals surface area contributed by atoms with Crippen LogP contribution in [0.5, 0.6) is 11.5 Å². The summed E-state index contributed by atoms with van der Waals surface area (Å²) in [7, 11) is 0. The van der Waals surface area contributed by atoms with Gasteiger partial charge in [0.15, 0.2) is 11.5 Å². The summed E-state index contributed by atoms with van der Waals surface area (Å²) in [6.07, 6.45) is 0.886. The molecule has 0 aliphatic carbocycles. The average Bonchev–Trinajstić information content (AvgIpc) is 2.72. The molecule has 1 aliphatic rings. The highest BCUT2D eigenvalue weighted by atomic mass is 127. The molecule has 3 nitrogen and oxygen atoms in total. The summed E-state index contributed by atoms with van der Waals surface area (Å²) in [5.74, 6) is 1.37. The summed E-state index contributed by atoms with van der Waals surface area (Å²) in [6.45, 7) is 1.95. The molecule has 0 aromatic heterocycles. The Hall–Kier alpha value is -1.50. The van der Waals surface area contributed by atoms with Gasteiger partial charge < -0.3 is 14.8 Å². The number of halogens is 2. The van der Waals surface area contributed by atoms with Crippen LogP contribution in [0.2, 0.25) is 0 Å². The monoisotopic (exact) mass is 399 g/mol. The van der Waals surface area contributed by atoms with E-state index in [1.807, 2.05) is 18.2 Å². The van der Waals surface area contributed by atoms with Gasteiger partial charge in [-0.2, -0.15) is 0 Å². The van der Waals surface area contributed by atoms with Crippen molar-refractivity contribution in [3.8, 4) is 11.5 Å². The zero-order valence-electron chi connectivity index (χ0n) is 11.4. The van der Waals surface area contributed by atoms with Crippen LogP contribution in [0.25, 0.3) is 0 Å². The molecule has 0 unspecified atom stereocenters. The maximum absolute atomic E-state index is 13.1. The van der Waals surface area contributed by atoms with E-state index >= 15 is 0 Å². The molecule has 0 spiro atoms. The Morgan fingerprint density at radius 2 is 2.00 bits per heavy atom. The van der Waals surface area contributed by atoms with Crippen molar-refractivity contribution in [1.82, 2.24) is 0 Å². The summed E-state index contributed by atoms with van der Waals surface area (Å²) in [6, 6.07) is 10.6. The average molecular weight is 399 g/mol. The third kappa shape index (κ3) is 3.40. The Bertz CT molecular complexity index is 648. The minimum absolute atomic E-state index is 0.227. The first-order valence-electron chi connectivity index (χ1n) is 6.80. The summed E-state index contributed by atoms with van der Waals surface area (Å²) in [5, 5.41) is 3.32. The van der Waals surface area contributed by atoms with Gasteiger partial charge in [0.05, 0.1) is 13.2 Å². The SMILES string of the molecule is Fc1ccc(NCc2cccc3c2OCCCO3)c(I)c1. The van der Waals surface area contributed by atoms with Gasteiger partial charge in [0, 0.05) is 27.8 Å². The van der Waals surface area contributed by atoms with E-state index in [1.54, 1.807) is 6.07 Å². The van der Waals surface area contributed by atoms with E-state index in [4.69, 9.17) is 9.47 Å². The molecule has 0 bridgehead atoms. The van der Waals surface area contributed by atoms with Gasteiger partial charge in [-0.3, -0.25) is 0 Å². The van der Waals surface area contributed by atoms with Crippen molar-refractivity contribution in [3.05, 3.63) is 51.3 Å². The zero-order chi connectivity index (χ0) is 14.7. The van der Waals surface area contributed by atoms with Gasteiger partial charge in [-0.05, 0) is 46.9 Å². The molecule has 1 N–H and O–H groups in total. The van der Waals surface area contributed by atoms with Crippen LogP contribution in [0, 0.1) is 9.39 Å². The van der Waals surface area contributed by atoms with Crippen LogP contribution in [0.1, 0.15) is 12.0 Å². The third-order valence-electron chi connectivity index (χ3n) is 3.25. The van der Waals surface area contributed by atoms with Gasteiger partial charge in [-0.15, -0.1) is 0 Å². The lowest BCUT2D eigenvalue weighted by molar-refractivity contribution is 0.296. The Balaban J connectivity index is 1.79. The molecule has 110 valence electrons. The third-order valence-corrected chi connectivity index (χ3v) is 4.15. The largest absolute Gasteiger partial charge is 0.490 e. The smallest absolute Gasteiger partial charge is 0.166 e. The number of nitrogens with one attached hydrogen (secondary N) is 1. The van der Waals surface area contributed by atoms with Crippen molar-refractivity contribution in [2.45, 2.75) is 13.0 Å². The standard InChI is InChI=1S/C16H15FINO2/c17-12-5-6-14(13(18)9-12)19-10-11-3-1-4-15-16(11)21-8-2-7-20-15/h1,3-6,9,19H,2,7-8,10H2. The number of hydrogen-bond acceptors (Lipinski definition) is 3.